The molecule has 4 amide bonds. The second kappa shape index (κ2) is 6.53. The summed E-state index contributed by atoms with van der Waals surface area (Å²) in [6.45, 7) is 2.41. The number of imide groups is 1. The SMILES string of the molecule is COC(=O)C(CO)NC(=O)CCN1C(=O)NC(C)(C)C1=O. The molecule has 1 fully saturated rings. The van der Waals surface area contributed by atoms with E-state index in [4.69, 9.17) is 5.11 Å². The molecule has 0 bridgehead atoms. The Kier molecular flexibility index (Phi) is 5.25. The molecule has 0 saturated carbocycles. The first-order valence-electron chi connectivity index (χ1n) is 6.35. The summed E-state index contributed by atoms with van der Waals surface area (Å²) in [6, 6.07) is -1.73. The molecule has 1 aliphatic rings. The first-order valence-corrected chi connectivity index (χ1v) is 6.35. The highest BCUT2D eigenvalue weighted by Gasteiger charge is 2.44. The summed E-state index contributed by atoms with van der Waals surface area (Å²) < 4.78 is 4.40. The molecule has 0 aromatic carbocycles. The minimum atomic E-state index is -1.16. The number of aliphatic hydroxyl groups excluding tert-OH is 1. The number of nitrogens with zero attached hydrogens (tertiary/aromatic N) is 1. The lowest BCUT2D eigenvalue weighted by Crippen LogP contribution is -2.45. The summed E-state index contributed by atoms with van der Waals surface area (Å²) >= 11 is 0. The second-order valence-corrected chi connectivity index (χ2v) is 5.09. The van der Waals surface area contributed by atoms with Crippen molar-refractivity contribution in [1.29, 1.82) is 0 Å². The Bertz CT molecular complexity index is 462. The topological polar surface area (TPSA) is 125 Å². The molecule has 0 spiro atoms. The van der Waals surface area contributed by atoms with Crippen LogP contribution < -0.4 is 10.6 Å². The first-order chi connectivity index (χ1) is 9.72. The zero-order chi connectivity index (χ0) is 16.2. The third kappa shape index (κ3) is 3.91. The highest BCUT2D eigenvalue weighted by Crippen LogP contribution is 2.16. The number of nitrogens with one attached hydrogen (secondary N) is 2. The summed E-state index contributed by atoms with van der Waals surface area (Å²) in [6.07, 6.45) is -0.178. The van der Waals surface area contributed by atoms with Crippen molar-refractivity contribution in [2.24, 2.45) is 0 Å². The van der Waals surface area contributed by atoms with Crippen LogP contribution in [0.5, 0.6) is 0 Å². The maximum absolute atomic E-state index is 11.9. The second-order valence-electron chi connectivity index (χ2n) is 5.09. The molecule has 1 unspecified atom stereocenters. The lowest BCUT2D eigenvalue weighted by atomic mass is 10.1. The van der Waals surface area contributed by atoms with Gasteiger partial charge in [0.25, 0.3) is 5.91 Å². The van der Waals surface area contributed by atoms with Gasteiger partial charge < -0.3 is 20.5 Å². The number of methoxy groups -OCH3 is 1. The van der Waals surface area contributed by atoms with Gasteiger partial charge in [0.15, 0.2) is 6.04 Å². The Morgan fingerprint density at radius 3 is 2.48 bits per heavy atom. The Morgan fingerprint density at radius 1 is 1.43 bits per heavy atom. The zero-order valence-corrected chi connectivity index (χ0v) is 12.1. The average Bonchev–Trinajstić information content (AvgIpc) is 2.62. The molecule has 1 atom stereocenters. The fourth-order valence-corrected chi connectivity index (χ4v) is 1.82. The molecule has 21 heavy (non-hydrogen) atoms. The number of esters is 1. The number of hydrogen-bond acceptors (Lipinski definition) is 6. The van der Waals surface area contributed by atoms with Crippen LogP contribution in [-0.4, -0.2) is 65.7 Å². The van der Waals surface area contributed by atoms with Crippen LogP contribution in [0.3, 0.4) is 0 Å². The molecular weight excluding hydrogens is 282 g/mol. The van der Waals surface area contributed by atoms with Gasteiger partial charge in [0.05, 0.1) is 13.7 Å². The van der Waals surface area contributed by atoms with E-state index < -0.39 is 42.0 Å². The van der Waals surface area contributed by atoms with Gasteiger partial charge in [0.2, 0.25) is 5.91 Å². The average molecular weight is 301 g/mol. The smallest absolute Gasteiger partial charge is 0.330 e. The molecule has 1 rings (SSSR count). The van der Waals surface area contributed by atoms with Gasteiger partial charge in [-0.25, -0.2) is 9.59 Å². The number of hydrogen-bond donors (Lipinski definition) is 3. The highest BCUT2D eigenvalue weighted by atomic mass is 16.5. The first kappa shape index (κ1) is 16.9. The third-order valence-corrected chi connectivity index (χ3v) is 3.01. The normalized spacial score (nSPS) is 18.2. The summed E-state index contributed by atoms with van der Waals surface area (Å²) in [5.41, 5.74) is -0.993. The summed E-state index contributed by atoms with van der Waals surface area (Å²) in [7, 11) is 1.13. The molecule has 0 aromatic rings. The van der Waals surface area contributed by atoms with E-state index in [9.17, 15) is 19.2 Å². The quantitative estimate of drug-likeness (QED) is 0.399. The van der Waals surface area contributed by atoms with Crippen LogP contribution in [-0.2, 0) is 19.1 Å². The van der Waals surface area contributed by atoms with E-state index in [-0.39, 0.29) is 13.0 Å². The number of carbonyl (C=O) groups is 4. The number of rotatable bonds is 6. The summed E-state index contributed by atoms with van der Waals surface area (Å²) in [5.74, 6) is -1.78. The van der Waals surface area contributed by atoms with Crippen LogP contribution in [0.2, 0.25) is 0 Å². The van der Waals surface area contributed by atoms with E-state index in [1.165, 1.54) is 0 Å². The molecule has 0 aromatic heterocycles. The Hall–Kier alpha value is -2.16. The van der Waals surface area contributed by atoms with Crippen LogP contribution >= 0.6 is 0 Å². The summed E-state index contributed by atoms with van der Waals surface area (Å²) in [4.78, 5) is 47.3. The van der Waals surface area contributed by atoms with Crippen molar-refractivity contribution in [3.63, 3.8) is 0 Å². The predicted molar refractivity (Wildman–Crippen MR) is 70.0 cm³/mol. The lowest BCUT2D eigenvalue weighted by molar-refractivity contribution is -0.146. The van der Waals surface area contributed by atoms with Gasteiger partial charge in [-0.2, -0.15) is 0 Å². The van der Waals surface area contributed by atoms with Crippen LogP contribution in [0.25, 0.3) is 0 Å². The van der Waals surface area contributed by atoms with Crippen molar-refractivity contribution < 1.29 is 29.0 Å². The molecule has 3 N–H and O–H groups in total. The van der Waals surface area contributed by atoms with Gasteiger partial charge in [0.1, 0.15) is 5.54 Å². The van der Waals surface area contributed by atoms with Crippen molar-refractivity contribution >= 4 is 23.8 Å². The van der Waals surface area contributed by atoms with Crippen LogP contribution in [0.1, 0.15) is 20.3 Å². The molecule has 1 saturated heterocycles. The molecule has 9 nitrogen and oxygen atoms in total. The number of amides is 4. The molecule has 0 radical (unpaired) electrons. The van der Waals surface area contributed by atoms with E-state index in [1.54, 1.807) is 13.8 Å². The van der Waals surface area contributed by atoms with Crippen molar-refractivity contribution in [3.8, 4) is 0 Å². The number of carbonyl (C=O) groups excluding carboxylic acids is 4. The van der Waals surface area contributed by atoms with Crippen molar-refractivity contribution in [2.45, 2.75) is 31.8 Å². The van der Waals surface area contributed by atoms with Gasteiger partial charge >= 0.3 is 12.0 Å². The molecule has 1 heterocycles. The van der Waals surface area contributed by atoms with E-state index in [0.717, 1.165) is 12.0 Å². The number of ether oxygens (including phenoxy) is 1. The molecular formula is C12H19N3O6. The molecule has 1 aliphatic heterocycles. The lowest BCUT2D eigenvalue weighted by Gasteiger charge is -2.17. The molecule has 0 aliphatic carbocycles. The van der Waals surface area contributed by atoms with E-state index >= 15 is 0 Å². The van der Waals surface area contributed by atoms with Crippen LogP contribution in [0.15, 0.2) is 0 Å². The van der Waals surface area contributed by atoms with Gasteiger partial charge in [-0.05, 0) is 13.8 Å². The largest absolute Gasteiger partial charge is 0.467 e. The number of aliphatic hydroxyl groups is 1. The van der Waals surface area contributed by atoms with Gasteiger partial charge in [0, 0.05) is 13.0 Å². The molecule has 118 valence electrons. The monoisotopic (exact) mass is 301 g/mol. The number of urea groups is 1. The van der Waals surface area contributed by atoms with Gasteiger partial charge in [-0.1, -0.05) is 0 Å². The van der Waals surface area contributed by atoms with Gasteiger partial charge in [-0.3, -0.25) is 14.5 Å². The fourth-order valence-electron chi connectivity index (χ4n) is 1.82. The maximum Gasteiger partial charge on any atom is 0.330 e. The van der Waals surface area contributed by atoms with Gasteiger partial charge in [-0.15, -0.1) is 0 Å². The van der Waals surface area contributed by atoms with Crippen molar-refractivity contribution in [2.75, 3.05) is 20.3 Å². The fraction of sp³-hybridized carbons (Fsp3) is 0.667. The van der Waals surface area contributed by atoms with E-state index in [1.807, 2.05) is 0 Å². The predicted octanol–water partition coefficient (Wildman–Crippen LogP) is -1.64. The van der Waals surface area contributed by atoms with E-state index in [2.05, 4.69) is 15.4 Å². The summed E-state index contributed by atoms with van der Waals surface area (Å²) in [5, 5.41) is 13.7. The minimum absolute atomic E-state index is 0.112. The highest BCUT2D eigenvalue weighted by molar-refractivity contribution is 6.06. The van der Waals surface area contributed by atoms with E-state index in [0.29, 0.717) is 0 Å². The Balaban J connectivity index is 2.52. The zero-order valence-electron chi connectivity index (χ0n) is 12.1. The maximum atomic E-state index is 11.9. The van der Waals surface area contributed by atoms with Crippen molar-refractivity contribution in [3.05, 3.63) is 0 Å². The Labute approximate surface area is 121 Å². The van der Waals surface area contributed by atoms with Crippen LogP contribution in [0, 0.1) is 0 Å². The van der Waals surface area contributed by atoms with Crippen molar-refractivity contribution in [1.82, 2.24) is 15.5 Å². The molecule has 9 heteroatoms. The minimum Gasteiger partial charge on any atom is -0.467 e. The Morgan fingerprint density at radius 2 is 2.05 bits per heavy atom. The van der Waals surface area contributed by atoms with Crippen LogP contribution in [0.4, 0.5) is 4.79 Å². The standard InChI is InChI=1S/C12H19N3O6/c1-12(2)10(19)15(11(20)14-12)5-4-8(17)13-7(6-16)9(18)21-3/h7,16H,4-6H2,1-3H3,(H,13,17)(H,14,20). The third-order valence-electron chi connectivity index (χ3n) is 3.01.